The Balaban J connectivity index is 2.20. The summed E-state index contributed by atoms with van der Waals surface area (Å²) >= 11 is 0. The fourth-order valence-corrected chi connectivity index (χ4v) is 2.40. The van der Waals surface area contributed by atoms with E-state index in [0.717, 1.165) is 16.9 Å². The van der Waals surface area contributed by atoms with Gasteiger partial charge in [-0.05, 0) is 31.7 Å². The largest absolute Gasteiger partial charge is 0.329 e. The number of nitrogens with two attached hydrogens (primary N) is 1. The predicted molar refractivity (Wildman–Crippen MR) is 62.8 cm³/mol. The number of hydrogen-bond acceptors (Lipinski definition) is 3. The summed E-state index contributed by atoms with van der Waals surface area (Å²) in [7, 11) is 2.03. The van der Waals surface area contributed by atoms with Crippen LogP contribution in [0.3, 0.4) is 0 Å². The summed E-state index contributed by atoms with van der Waals surface area (Å²) in [6.45, 7) is 2.08. The Morgan fingerprint density at radius 2 is 2.25 bits per heavy atom. The van der Waals surface area contributed by atoms with Crippen molar-refractivity contribution in [3.05, 3.63) is 24.3 Å². The first-order valence-corrected chi connectivity index (χ1v) is 5.66. The van der Waals surface area contributed by atoms with Gasteiger partial charge in [-0.3, -0.25) is 4.98 Å². The minimum absolute atomic E-state index is 0.312. The van der Waals surface area contributed by atoms with Crippen molar-refractivity contribution < 1.29 is 0 Å². The first kappa shape index (κ1) is 9.78. The van der Waals surface area contributed by atoms with Gasteiger partial charge in [-0.25, -0.2) is 4.98 Å². The molecule has 0 saturated heterocycles. The summed E-state index contributed by atoms with van der Waals surface area (Å²) in [6, 6.07) is 1.98. The van der Waals surface area contributed by atoms with Crippen LogP contribution in [0, 0.1) is 5.92 Å². The van der Waals surface area contributed by atoms with Crippen LogP contribution in [0.1, 0.15) is 25.6 Å². The third-order valence-electron chi connectivity index (χ3n) is 3.59. The highest BCUT2D eigenvalue weighted by molar-refractivity contribution is 5.74. The number of pyridine rings is 1. The molecule has 3 rings (SSSR count). The molecule has 0 amide bonds. The minimum atomic E-state index is -0.312. The van der Waals surface area contributed by atoms with E-state index < -0.39 is 0 Å². The summed E-state index contributed by atoms with van der Waals surface area (Å²) in [5, 5.41) is 0. The fraction of sp³-hybridized carbons (Fsp3) is 0.500. The van der Waals surface area contributed by atoms with Gasteiger partial charge < -0.3 is 10.3 Å². The first-order chi connectivity index (χ1) is 7.60. The van der Waals surface area contributed by atoms with Crippen molar-refractivity contribution in [2.24, 2.45) is 18.7 Å². The van der Waals surface area contributed by atoms with Gasteiger partial charge >= 0.3 is 0 Å². The average molecular weight is 216 g/mol. The Morgan fingerprint density at radius 3 is 2.88 bits per heavy atom. The van der Waals surface area contributed by atoms with Crippen LogP contribution < -0.4 is 5.73 Å². The van der Waals surface area contributed by atoms with Crippen LogP contribution in [0.15, 0.2) is 18.5 Å². The van der Waals surface area contributed by atoms with E-state index in [-0.39, 0.29) is 5.54 Å². The second-order valence-corrected chi connectivity index (χ2v) is 4.92. The van der Waals surface area contributed by atoms with Crippen LogP contribution in [0.4, 0.5) is 0 Å². The van der Waals surface area contributed by atoms with E-state index in [0.29, 0.717) is 5.92 Å². The van der Waals surface area contributed by atoms with Gasteiger partial charge in [0.15, 0.2) is 0 Å². The van der Waals surface area contributed by atoms with E-state index in [2.05, 4.69) is 21.5 Å². The van der Waals surface area contributed by atoms with Crippen LogP contribution in [0.2, 0.25) is 0 Å². The molecule has 4 heteroatoms. The number of rotatable bonds is 2. The van der Waals surface area contributed by atoms with Crippen molar-refractivity contribution >= 4 is 11.0 Å². The maximum atomic E-state index is 6.40. The summed E-state index contributed by atoms with van der Waals surface area (Å²) in [5.74, 6) is 1.55. The topological polar surface area (TPSA) is 56.7 Å². The van der Waals surface area contributed by atoms with Gasteiger partial charge in [0, 0.05) is 13.2 Å². The average Bonchev–Trinajstić information content (AvgIpc) is 3.05. The Labute approximate surface area is 94.5 Å². The number of aromatic nitrogens is 3. The molecule has 0 radical (unpaired) electrons. The molecule has 16 heavy (non-hydrogen) atoms. The lowest BCUT2D eigenvalue weighted by molar-refractivity contribution is 0.391. The van der Waals surface area contributed by atoms with E-state index in [1.807, 2.05) is 13.1 Å². The molecule has 4 nitrogen and oxygen atoms in total. The fourth-order valence-electron chi connectivity index (χ4n) is 2.40. The van der Waals surface area contributed by atoms with Gasteiger partial charge in [0.2, 0.25) is 0 Å². The number of aryl methyl sites for hydroxylation is 1. The SMILES string of the molecule is Cn1c(C(C)(N)C2CC2)nc2cnccc21. The molecule has 1 saturated carbocycles. The van der Waals surface area contributed by atoms with Gasteiger partial charge in [0.05, 0.1) is 17.3 Å². The van der Waals surface area contributed by atoms with E-state index in [1.54, 1.807) is 12.4 Å². The molecule has 1 aliphatic carbocycles. The van der Waals surface area contributed by atoms with Crippen LogP contribution >= 0.6 is 0 Å². The lowest BCUT2D eigenvalue weighted by atomic mass is 9.96. The minimum Gasteiger partial charge on any atom is -0.329 e. The molecule has 2 N–H and O–H groups in total. The second-order valence-electron chi connectivity index (χ2n) is 4.92. The van der Waals surface area contributed by atoms with Crippen molar-refractivity contribution in [3.63, 3.8) is 0 Å². The van der Waals surface area contributed by atoms with E-state index in [9.17, 15) is 0 Å². The number of imidazole rings is 1. The van der Waals surface area contributed by atoms with E-state index >= 15 is 0 Å². The van der Waals surface area contributed by atoms with Gasteiger partial charge in [-0.2, -0.15) is 0 Å². The molecule has 1 aliphatic rings. The van der Waals surface area contributed by atoms with E-state index in [1.165, 1.54) is 12.8 Å². The third-order valence-corrected chi connectivity index (χ3v) is 3.59. The highest BCUT2D eigenvalue weighted by atomic mass is 15.1. The lowest BCUT2D eigenvalue weighted by Crippen LogP contribution is -2.38. The Kier molecular flexibility index (Phi) is 1.86. The van der Waals surface area contributed by atoms with Crippen molar-refractivity contribution in [1.82, 2.24) is 14.5 Å². The zero-order valence-corrected chi connectivity index (χ0v) is 9.64. The van der Waals surface area contributed by atoms with Gasteiger partial charge in [-0.15, -0.1) is 0 Å². The van der Waals surface area contributed by atoms with Gasteiger partial charge in [0.25, 0.3) is 0 Å². The third kappa shape index (κ3) is 1.26. The maximum Gasteiger partial charge on any atom is 0.129 e. The van der Waals surface area contributed by atoms with Gasteiger partial charge in [0.1, 0.15) is 11.3 Å². The molecular weight excluding hydrogens is 200 g/mol. The number of fused-ring (bicyclic) bond motifs is 1. The molecule has 2 aromatic rings. The molecule has 84 valence electrons. The maximum absolute atomic E-state index is 6.40. The highest BCUT2D eigenvalue weighted by Crippen LogP contribution is 2.43. The molecule has 1 unspecified atom stereocenters. The number of hydrogen-bond donors (Lipinski definition) is 1. The second kappa shape index (κ2) is 3.04. The zero-order valence-electron chi connectivity index (χ0n) is 9.64. The Hall–Kier alpha value is -1.42. The molecule has 0 spiro atoms. The molecule has 2 aromatic heterocycles. The van der Waals surface area contributed by atoms with Crippen LogP contribution in [-0.4, -0.2) is 14.5 Å². The first-order valence-electron chi connectivity index (χ1n) is 5.66. The molecule has 0 bridgehead atoms. The monoisotopic (exact) mass is 216 g/mol. The van der Waals surface area contributed by atoms with Crippen molar-refractivity contribution in [3.8, 4) is 0 Å². The summed E-state index contributed by atoms with van der Waals surface area (Å²) in [6.07, 6.45) is 6.02. The van der Waals surface area contributed by atoms with Crippen molar-refractivity contribution in [2.75, 3.05) is 0 Å². The van der Waals surface area contributed by atoms with Crippen molar-refractivity contribution in [1.29, 1.82) is 0 Å². The Morgan fingerprint density at radius 1 is 1.50 bits per heavy atom. The summed E-state index contributed by atoms with van der Waals surface area (Å²) in [5.41, 5.74) is 8.12. The molecule has 1 atom stereocenters. The molecule has 0 aliphatic heterocycles. The normalized spacial score (nSPS) is 19.9. The summed E-state index contributed by atoms with van der Waals surface area (Å²) < 4.78 is 2.09. The zero-order chi connectivity index (χ0) is 11.3. The van der Waals surface area contributed by atoms with Crippen LogP contribution in [0.5, 0.6) is 0 Å². The highest BCUT2D eigenvalue weighted by Gasteiger charge is 2.42. The summed E-state index contributed by atoms with van der Waals surface area (Å²) in [4.78, 5) is 8.71. The standard InChI is InChI=1S/C12H16N4/c1-12(13,8-3-4-8)11-15-9-7-14-6-5-10(9)16(11)2/h5-8H,3-4,13H2,1-2H3. The van der Waals surface area contributed by atoms with Crippen LogP contribution in [-0.2, 0) is 12.6 Å². The van der Waals surface area contributed by atoms with E-state index in [4.69, 9.17) is 5.73 Å². The smallest absolute Gasteiger partial charge is 0.129 e. The molecule has 0 aromatic carbocycles. The number of nitrogens with zero attached hydrogens (tertiary/aromatic N) is 3. The predicted octanol–water partition coefficient (Wildman–Crippen LogP) is 1.55. The van der Waals surface area contributed by atoms with Crippen molar-refractivity contribution in [2.45, 2.75) is 25.3 Å². The van der Waals surface area contributed by atoms with Gasteiger partial charge in [-0.1, -0.05) is 0 Å². The van der Waals surface area contributed by atoms with Crippen LogP contribution in [0.25, 0.3) is 11.0 Å². The Bertz CT molecular complexity index is 537. The molecule has 2 heterocycles. The molecular formula is C12H16N4. The quantitative estimate of drug-likeness (QED) is 0.828. The molecule has 1 fully saturated rings. The lowest BCUT2D eigenvalue weighted by Gasteiger charge is -2.23.